The maximum absolute atomic E-state index is 11.0. The lowest BCUT2D eigenvalue weighted by atomic mass is 10.5. The SMILES string of the molecule is CO[Si](C)(C)C(C)N(C)C(C)=O. The van der Waals surface area contributed by atoms with Crippen LogP contribution < -0.4 is 0 Å². The van der Waals surface area contributed by atoms with E-state index in [0.717, 1.165) is 0 Å². The maximum atomic E-state index is 11.0. The summed E-state index contributed by atoms with van der Waals surface area (Å²) >= 11 is 0. The van der Waals surface area contributed by atoms with Gasteiger partial charge in [0.2, 0.25) is 14.2 Å². The molecule has 3 nitrogen and oxygen atoms in total. The molecule has 0 aromatic rings. The Morgan fingerprint density at radius 2 is 1.92 bits per heavy atom. The van der Waals surface area contributed by atoms with Gasteiger partial charge in [0, 0.05) is 26.7 Å². The third-order valence-electron chi connectivity index (χ3n) is 2.61. The van der Waals surface area contributed by atoms with Crippen LogP contribution >= 0.6 is 0 Å². The molecule has 0 spiro atoms. The lowest BCUT2D eigenvalue weighted by molar-refractivity contribution is -0.128. The van der Waals surface area contributed by atoms with Crippen molar-refractivity contribution in [2.24, 2.45) is 0 Å². The lowest BCUT2D eigenvalue weighted by Crippen LogP contribution is -2.52. The van der Waals surface area contributed by atoms with Gasteiger partial charge < -0.3 is 9.33 Å². The van der Waals surface area contributed by atoms with Crippen LogP contribution in [0.15, 0.2) is 0 Å². The zero-order valence-corrected chi connectivity index (χ0v) is 9.84. The van der Waals surface area contributed by atoms with Gasteiger partial charge >= 0.3 is 0 Å². The van der Waals surface area contributed by atoms with Crippen LogP contribution in [0.1, 0.15) is 13.8 Å². The lowest BCUT2D eigenvalue weighted by Gasteiger charge is -2.34. The number of carbonyl (C=O) groups excluding carboxylic acids is 1. The Labute approximate surface area is 75.8 Å². The molecule has 0 bridgehead atoms. The second kappa shape index (κ2) is 4.05. The Morgan fingerprint density at radius 3 is 2.17 bits per heavy atom. The minimum atomic E-state index is -1.70. The third kappa shape index (κ3) is 2.60. The van der Waals surface area contributed by atoms with Gasteiger partial charge in [-0.25, -0.2) is 0 Å². The molecule has 0 aliphatic rings. The topological polar surface area (TPSA) is 29.5 Å². The first kappa shape index (κ1) is 11.6. The van der Waals surface area contributed by atoms with Crippen molar-refractivity contribution < 1.29 is 9.22 Å². The molecule has 0 fully saturated rings. The summed E-state index contributed by atoms with van der Waals surface area (Å²) in [5.74, 6) is 0.0973. The molecule has 72 valence electrons. The van der Waals surface area contributed by atoms with Gasteiger partial charge in [-0.1, -0.05) is 0 Å². The predicted octanol–water partition coefficient (Wildman–Crippen LogP) is 1.24. The summed E-state index contributed by atoms with van der Waals surface area (Å²) in [6, 6.07) is 0. The molecular formula is C8H19NO2Si. The second-order valence-corrected chi connectivity index (χ2v) is 8.06. The molecule has 1 amide bonds. The van der Waals surface area contributed by atoms with Gasteiger partial charge in [-0.15, -0.1) is 0 Å². The summed E-state index contributed by atoms with van der Waals surface area (Å²) in [4.78, 5) is 12.8. The minimum Gasteiger partial charge on any atom is -0.418 e. The van der Waals surface area contributed by atoms with Crippen LogP contribution in [-0.4, -0.2) is 38.9 Å². The fourth-order valence-corrected chi connectivity index (χ4v) is 2.37. The molecular weight excluding hydrogens is 170 g/mol. The van der Waals surface area contributed by atoms with Crippen molar-refractivity contribution in [2.75, 3.05) is 14.2 Å². The monoisotopic (exact) mass is 189 g/mol. The van der Waals surface area contributed by atoms with Crippen molar-refractivity contribution in [3.63, 3.8) is 0 Å². The molecule has 0 radical (unpaired) electrons. The van der Waals surface area contributed by atoms with Crippen LogP contribution in [0.3, 0.4) is 0 Å². The Bertz CT molecular complexity index is 170. The Hall–Kier alpha value is -0.353. The molecule has 0 saturated carbocycles. The predicted molar refractivity (Wildman–Crippen MR) is 52.4 cm³/mol. The van der Waals surface area contributed by atoms with E-state index < -0.39 is 8.32 Å². The molecule has 0 saturated heterocycles. The molecule has 0 N–H and O–H groups in total. The number of amides is 1. The second-order valence-electron chi connectivity index (χ2n) is 3.61. The molecule has 0 aromatic heterocycles. The van der Waals surface area contributed by atoms with Crippen LogP contribution in [0.4, 0.5) is 0 Å². The number of hydrogen-bond acceptors (Lipinski definition) is 2. The molecule has 12 heavy (non-hydrogen) atoms. The summed E-state index contributed by atoms with van der Waals surface area (Å²) in [5.41, 5.74) is 0.222. The number of nitrogens with zero attached hydrogens (tertiary/aromatic N) is 1. The van der Waals surface area contributed by atoms with Gasteiger partial charge in [0.15, 0.2) is 0 Å². The zero-order chi connectivity index (χ0) is 9.94. The van der Waals surface area contributed by atoms with E-state index in [0.29, 0.717) is 0 Å². The quantitative estimate of drug-likeness (QED) is 0.625. The van der Waals surface area contributed by atoms with E-state index in [-0.39, 0.29) is 11.6 Å². The van der Waals surface area contributed by atoms with E-state index in [1.54, 1.807) is 18.9 Å². The highest BCUT2D eigenvalue weighted by Crippen LogP contribution is 2.13. The summed E-state index contributed by atoms with van der Waals surface area (Å²) < 4.78 is 5.42. The first-order valence-electron chi connectivity index (χ1n) is 4.11. The van der Waals surface area contributed by atoms with E-state index in [1.807, 2.05) is 14.0 Å². The van der Waals surface area contributed by atoms with Crippen LogP contribution in [0, 0.1) is 0 Å². The Balaban J connectivity index is 4.37. The van der Waals surface area contributed by atoms with Crippen molar-refractivity contribution in [3.05, 3.63) is 0 Å². The van der Waals surface area contributed by atoms with Crippen molar-refractivity contribution in [2.45, 2.75) is 32.6 Å². The largest absolute Gasteiger partial charge is 0.418 e. The van der Waals surface area contributed by atoms with Crippen LogP contribution in [0.5, 0.6) is 0 Å². The minimum absolute atomic E-state index is 0.0973. The van der Waals surface area contributed by atoms with Gasteiger partial charge in [0.25, 0.3) is 0 Å². The molecule has 4 heteroatoms. The molecule has 0 aliphatic carbocycles. The van der Waals surface area contributed by atoms with E-state index in [2.05, 4.69) is 13.1 Å². The van der Waals surface area contributed by atoms with Crippen molar-refractivity contribution in [3.8, 4) is 0 Å². The smallest absolute Gasteiger partial charge is 0.219 e. The van der Waals surface area contributed by atoms with Gasteiger partial charge in [-0.05, 0) is 20.0 Å². The highest BCUT2D eigenvalue weighted by Gasteiger charge is 2.32. The summed E-state index contributed by atoms with van der Waals surface area (Å²) in [7, 11) is 1.84. The van der Waals surface area contributed by atoms with E-state index in [9.17, 15) is 4.79 Å². The molecule has 1 atom stereocenters. The first-order chi connectivity index (χ1) is 5.33. The van der Waals surface area contributed by atoms with E-state index in [1.165, 1.54) is 0 Å². The van der Waals surface area contributed by atoms with Crippen LogP contribution in [-0.2, 0) is 9.22 Å². The molecule has 0 rings (SSSR count). The average molecular weight is 189 g/mol. The molecule has 0 aromatic carbocycles. The fraction of sp³-hybridized carbons (Fsp3) is 0.875. The van der Waals surface area contributed by atoms with Gasteiger partial charge in [-0.3, -0.25) is 4.79 Å². The molecule has 0 aliphatic heterocycles. The number of hydrogen-bond donors (Lipinski definition) is 0. The zero-order valence-electron chi connectivity index (χ0n) is 8.84. The Morgan fingerprint density at radius 1 is 1.50 bits per heavy atom. The van der Waals surface area contributed by atoms with Gasteiger partial charge in [0.05, 0.1) is 0 Å². The van der Waals surface area contributed by atoms with Crippen LogP contribution in [0.2, 0.25) is 13.1 Å². The third-order valence-corrected chi connectivity index (χ3v) is 6.06. The maximum Gasteiger partial charge on any atom is 0.219 e. The van der Waals surface area contributed by atoms with E-state index >= 15 is 0 Å². The highest BCUT2D eigenvalue weighted by atomic mass is 28.4. The van der Waals surface area contributed by atoms with Crippen molar-refractivity contribution >= 4 is 14.2 Å². The van der Waals surface area contributed by atoms with E-state index in [4.69, 9.17) is 4.43 Å². The van der Waals surface area contributed by atoms with Crippen molar-refractivity contribution in [1.82, 2.24) is 4.90 Å². The number of rotatable bonds is 3. The average Bonchev–Trinajstić information content (AvgIpc) is 2.01. The normalized spacial score (nSPS) is 14.2. The van der Waals surface area contributed by atoms with Gasteiger partial charge in [0.1, 0.15) is 0 Å². The van der Waals surface area contributed by atoms with Crippen LogP contribution in [0.25, 0.3) is 0 Å². The standard InChI is InChI=1S/C8H19NO2Si/c1-7(10)9(3)8(2)12(5,6)11-4/h8H,1-6H3. The summed E-state index contributed by atoms with van der Waals surface area (Å²) in [6.45, 7) is 7.84. The fourth-order valence-electron chi connectivity index (χ4n) is 0.910. The summed E-state index contributed by atoms with van der Waals surface area (Å²) in [5, 5.41) is 0. The Kier molecular flexibility index (Phi) is 3.93. The first-order valence-corrected chi connectivity index (χ1v) is 7.10. The highest BCUT2D eigenvalue weighted by molar-refractivity contribution is 6.72. The van der Waals surface area contributed by atoms with Crippen molar-refractivity contribution in [1.29, 1.82) is 0 Å². The van der Waals surface area contributed by atoms with Gasteiger partial charge in [-0.2, -0.15) is 0 Å². The molecule has 1 unspecified atom stereocenters. The molecule has 0 heterocycles. The summed E-state index contributed by atoms with van der Waals surface area (Å²) in [6.07, 6.45) is 0. The number of carbonyl (C=O) groups is 1.